The Balaban J connectivity index is 1.94. The fourth-order valence-corrected chi connectivity index (χ4v) is 4.28. The van der Waals surface area contributed by atoms with Gasteiger partial charge >= 0.3 is 8.60 Å². The number of hydrogen-bond acceptors (Lipinski definition) is 5. The normalized spacial score (nSPS) is 20.2. The Labute approximate surface area is 142 Å². The first kappa shape index (κ1) is 15.9. The number of phenolic OH excluding ortho intramolecular Hbond substituents is 1. The molecule has 0 fully saturated rings. The standard InChI is InChI=1S/C18H20NO4P/c1-19-9-8-11-4-3-5-13-16(11)14(19)10-12-6-7-15(20)18(17(12)13)23-24(21)22-2/h3-7,14,20-21H,8-10H2,1-2H3. The molecule has 0 aromatic heterocycles. The van der Waals surface area contributed by atoms with Crippen molar-refractivity contribution in [3.05, 3.63) is 47.0 Å². The molecule has 1 aliphatic heterocycles. The summed E-state index contributed by atoms with van der Waals surface area (Å²) in [5.74, 6) is 0.329. The molecule has 0 saturated carbocycles. The van der Waals surface area contributed by atoms with Crippen molar-refractivity contribution in [2.45, 2.75) is 18.9 Å². The highest BCUT2D eigenvalue weighted by molar-refractivity contribution is 7.41. The first-order valence-electron chi connectivity index (χ1n) is 7.98. The molecule has 1 heterocycles. The van der Waals surface area contributed by atoms with Crippen LogP contribution in [-0.4, -0.2) is 35.6 Å². The van der Waals surface area contributed by atoms with Gasteiger partial charge in [0.25, 0.3) is 0 Å². The van der Waals surface area contributed by atoms with E-state index in [0.29, 0.717) is 11.8 Å². The van der Waals surface area contributed by atoms with Crippen LogP contribution in [0.5, 0.6) is 11.5 Å². The third kappa shape index (κ3) is 2.40. The van der Waals surface area contributed by atoms with E-state index < -0.39 is 8.60 Å². The van der Waals surface area contributed by atoms with Crippen LogP contribution in [0.15, 0.2) is 30.3 Å². The van der Waals surface area contributed by atoms with Crippen molar-refractivity contribution < 1.29 is 19.0 Å². The molecule has 1 aliphatic carbocycles. The first-order chi connectivity index (χ1) is 11.6. The second kappa shape index (κ2) is 6.01. The van der Waals surface area contributed by atoms with Gasteiger partial charge in [0.1, 0.15) is 0 Å². The van der Waals surface area contributed by atoms with Crippen LogP contribution >= 0.6 is 8.60 Å². The van der Waals surface area contributed by atoms with E-state index in [2.05, 4.69) is 30.1 Å². The predicted octanol–water partition coefficient (Wildman–Crippen LogP) is 3.39. The van der Waals surface area contributed by atoms with Crippen molar-refractivity contribution in [3.8, 4) is 22.6 Å². The third-order valence-electron chi connectivity index (χ3n) is 5.03. The van der Waals surface area contributed by atoms with Crippen molar-refractivity contribution in [1.29, 1.82) is 0 Å². The van der Waals surface area contributed by atoms with E-state index in [9.17, 15) is 10.00 Å². The summed E-state index contributed by atoms with van der Waals surface area (Å²) in [4.78, 5) is 12.2. The minimum absolute atomic E-state index is 0.0209. The Morgan fingerprint density at radius 3 is 2.83 bits per heavy atom. The van der Waals surface area contributed by atoms with Gasteiger partial charge in [0, 0.05) is 25.3 Å². The summed E-state index contributed by atoms with van der Waals surface area (Å²) in [5.41, 5.74) is 5.74. The highest BCUT2D eigenvalue weighted by atomic mass is 31.2. The maximum absolute atomic E-state index is 10.3. The van der Waals surface area contributed by atoms with E-state index in [0.717, 1.165) is 36.1 Å². The van der Waals surface area contributed by atoms with Crippen LogP contribution < -0.4 is 4.52 Å². The van der Waals surface area contributed by atoms with Gasteiger partial charge in [-0.3, -0.25) is 4.90 Å². The molecule has 24 heavy (non-hydrogen) atoms. The topological polar surface area (TPSA) is 62.2 Å². The molecule has 0 bridgehead atoms. The molecular formula is C18H20NO4P. The van der Waals surface area contributed by atoms with Gasteiger partial charge in [0.2, 0.25) is 0 Å². The van der Waals surface area contributed by atoms with Gasteiger partial charge in [-0.2, -0.15) is 0 Å². The van der Waals surface area contributed by atoms with Crippen molar-refractivity contribution in [2.24, 2.45) is 0 Å². The molecule has 4 rings (SSSR count). The fourth-order valence-electron chi connectivity index (χ4n) is 3.87. The highest BCUT2D eigenvalue weighted by Crippen LogP contribution is 2.52. The number of rotatable bonds is 3. The number of benzene rings is 2. The summed E-state index contributed by atoms with van der Waals surface area (Å²) in [6, 6.07) is 10.2. The molecule has 2 unspecified atom stereocenters. The summed E-state index contributed by atoms with van der Waals surface area (Å²) in [6.45, 7) is 1.05. The number of phenols is 1. The zero-order valence-corrected chi connectivity index (χ0v) is 14.6. The minimum atomic E-state index is -2.06. The van der Waals surface area contributed by atoms with Crippen LogP contribution in [0.1, 0.15) is 22.7 Å². The van der Waals surface area contributed by atoms with E-state index in [1.54, 1.807) is 6.07 Å². The molecular weight excluding hydrogens is 325 g/mol. The maximum Gasteiger partial charge on any atom is 0.394 e. The molecule has 2 aromatic rings. The summed E-state index contributed by atoms with van der Waals surface area (Å²) >= 11 is 0. The van der Waals surface area contributed by atoms with E-state index in [1.807, 2.05) is 6.07 Å². The third-order valence-corrected chi connectivity index (χ3v) is 5.68. The zero-order chi connectivity index (χ0) is 16.8. The van der Waals surface area contributed by atoms with Crippen LogP contribution in [0.25, 0.3) is 11.1 Å². The smallest absolute Gasteiger partial charge is 0.394 e. The van der Waals surface area contributed by atoms with Crippen LogP contribution in [0.2, 0.25) is 0 Å². The number of likely N-dealkylation sites (N-methyl/N-ethyl adjacent to an activating group) is 1. The van der Waals surface area contributed by atoms with Gasteiger partial charge in [-0.05, 0) is 48.2 Å². The van der Waals surface area contributed by atoms with Crippen LogP contribution in [-0.2, 0) is 17.4 Å². The summed E-state index contributed by atoms with van der Waals surface area (Å²) in [7, 11) is 1.48. The van der Waals surface area contributed by atoms with E-state index in [1.165, 1.54) is 18.2 Å². The molecule has 2 aliphatic rings. The zero-order valence-electron chi connectivity index (χ0n) is 13.7. The Hall–Kier alpha value is -1.65. The number of nitrogens with zero attached hydrogens (tertiary/aromatic N) is 1. The fraction of sp³-hybridized carbons (Fsp3) is 0.333. The summed E-state index contributed by atoms with van der Waals surface area (Å²) < 4.78 is 10.4. The summed E-state index contributed by atoms with van der Waals surface area (Å²) in [5, 5.41) is 10.3. The molecule has 0 amide bonds. The lowest BCUT2D eigenvalue weighted by Crippen LogP contribution is -2.35. The Morgan fingerprint density at radius 1 is 1.21 bits per heavy atom. The molecule has 5 nitrogen and oxygen atoms in total. The van der Waals surface area contributed by atoms with Crippen molar-refractivity contribution in [3.63, 3.8) is 0 Å². The van der Waals surface area contributed by atoms with Gasteiger partial charge in [0.15, 0.2) is 11.5 Å². The SMILES string of the molecule is COP(O)Oc1c(O)ccc2c1-c1cccc3c1C(C2)N(C)CC3. The average molecular weight is 345 g/mol. The van der Waals surface area contributed by atoms with E-state index in [-0.39, 0.29) is 5.75 Å². The lowest BCUT2D eigenvalue weighted by molar-refractivity contribution is 0.228. The highest BCUT2D eigenvalue weighted by Gasteiger charge is 2.35. The molecule has 0 saturated heterocycles. The second-order valence-electron chi connectivity index (χ2n) is 6.29. The molecule has 0 radical (unpaired) electrons. The van der Waals surface area contributed by atoms with Gasteiger partial charge in [0.05, 0.1) is 0 Å². The maximum atomic E-state index is 10.3. The average Bonchev–Trinajstić information content (AvgIpc) is 2.60. The van der Waals surface area contributed by atoms with Gasteiger partial charge in [-0.25, -0.2) is 0 Å². The largest absolute Gasteiger partial charge is 0.504 e. The molecule has 2 N–H and O–H groups in total. The van der Waals surface area contributed by atoms with Crippen molar-refractivity contribution in [2.75, 3.05) is 20.7 Å². The minimum Gasteiger partial charge on any atom is -0.504 e. The van der Waals surface area contributed by atoms with Crippen LogP contribution in [0, 0.1) is 0 Å². The Kier molecular flexibility index (Phi) is 3.97. The van der Waals surface area contributed by atoms with Crippen LogP contribution in [0.3, 0.4) is 0 Å². The predicted molar refractivity (Wildman–Crippen MR) is 93.1 cm³/mol. The van der Waals surface area contributed by atoms with Crippen molar-refractivity contribution in [1.82, 2.24) is 4.90 Å². The van der Waals surface area contributed by atoms with Gasteiger partial charge in [-0.1, -0.05) is 24.3 Å². The van der Waals surface area contributed by atoms with Crippen molar-refractivity contribution >= 4 is 8.60 Å². The number of fused-ring (bicyclic) bond motifs is 2. The van der Waals surface area contributed by atoms with Gasteiger partial charge in [-0.15, -0.1) is 0 Å². The van der Waals surface area contributed by atoms with Gasteiger partial charge < -0.3 is 19.0 Å². The monoisotopic (exact) mass is 345 g/mol. The van der Waals surface area contributed by atoms with E-state index in [4.69, 9.17) is 9.05 Å². The Morgan fingerprint density at radius 2 is 2.04 bits per heavy atom. The van der Waals surface area contributed by atoms with E-state index >= 15 is 0 Å². The first-order valence-corrected chi connectivity index (χ1v) is 9.11. The molecule has 126 valence electrons. The quantitative estimate of drug-likeness (QED) is 0.835. The number of hydrogen-bond donors (Lipinski definition) is 2. The molecule has 6 heteroatoms. The second-order valence-corrected chi connectivity index (χ2v) is 7.31. The Bertz CT molecular complexity index is 795. The summed E-state index contributed by atoms with van der Waals surface area (Å²) in [6.07, 6.45) is 1.88. The molecule has 2 atom stereocenters. The lowest BCUT2D eigenvalue weighted by Gasteiger charge is -2.40. The lowest BCUT2D eigenvalue weighted by atomic mass is 9.77. The number of aromatic hydroxyl groups is 1. The van der Waals surface area contributed by atoms with Crippen LogP contribution in [0.4, 0.5) is 0 Å². The molecule has 2 aromatic carbocycles. The molecule has 0 spiro atoms.